The van der Waals surface area contributed by atoms with Gasteiger partial charge in [0.1, 0.15) is 0 Å². The molecule has 6 aliphatic carbocycles. The van der Waals surface area contributed by atoms with Crippen LogP contribution in [0.4, 0.5) is 0 Å². The van der Waals surface area contributed by atoms with Gasteiger partial charge in [-0.05, 0) is 0 Å². The minimum absolute atomic E-state index is 0.487. The standard InChI is InChI=1S/C28H27.Zr/c1-2-8-19(7-1)26-20-13-18-14-21(26)17-28(15-18,16-20)27-24-11-5-3-9-22(24)23-10-4-6-12-25(23)27;/h1-7,9-12,18,20,26-27H,8,13-17H2;. The van der Waals surface area contributed by atoms with Gasteiger partial charge in [0, 0.05) is 0 Å². The van der Waals surface area contributed by atoms with Gasteiger partial charge >= 0.3 is 190 Å². The van der Waals surface area contributed by atoms with Crippen molar-refractivity contribution in [2.45, 2.75) is 47.6 Å². The average Bonchev–Trinajstić information content (AvgIpc) is 3.32. The molecule has 0 nitrogen and oxygen atoms in total. The van der Waals surface area contributed by atoms with Gasteiger partial charge in [-0.1, -0.05) is 0 Å². The Morgan fingerprint density at radius 1 is 0.862 bits per heavy atom. The Hall–Kier alpha value is -1.20. The van der Waals surface area contributed by atoms with Crippen molar-refractivity contribution in [3.63, 3.8) is 0 Å². The summed E-state index contributed by atoms with van der Waals surface area (Å²) in [6.45, 7) is 0. The van der Waals surface area contributed by atoms with Crippen LogP contribution in [0.25, 0.3) is 11.1 Å². The predicted molar refractivity (Wildman–Crippen MR) is 114 cm³/mol. The van der Waals surface area contributed by atoms with E-state index in [0.717, 1.165) is 17.8 Å². The SMILES string of the molecule is [Zr][C]12CC3CC(CC(C4c5ccccc5-c5ccccc54)(C3)C1)C2C1=CC=CC1. The second kappa shape index (κ2) is 5.94. The molecule has 143 valence electrons. The van der Waals surface area contributed by atoms with Crippen molar-refractivity contribution in [1.82, 2.24) is 0 Å². The Morgan fingerprint density at radius 3 is 2.24 bits per heavy atom. The third-order valence-corrected chi connectivity index (χ3v) is 10.7. The Kier molecular flexibility index (Phi) is 3.58. The number of hydrogen-bond donors (Lipinski definition) is 0. The van der Waals surface area contributed by atoms with Crippen molar-refractivity contribution >= 4 is 0 Å². The molecule has 4 saturated carbocycles. The van der Waals surface area contributed by atoms with E-state index in [9.17, 15) is 0 Å². The van der Waals surface area contributed by atoms with Crippen molar-refractivity contribution in [3.8, 4) is 11.1 Å². The summed E-state index contributed by atoms with van der Waals surface area (Å²) in [5.41, 5.74) is 8.55. The molecule has 29 heavy (non-hydrogen) atoms. The molecule has 4 bridgehead atoms. The average molecular weight is 455 g/mol. The minimum atomic E-state index is 0.487. The van der Waals surface area contributed by atoms with Gasteiger partial charge in [-0.3, -0.25) is 0 Å². The summed E-state index contributed by atoms with van der Waals surface area (Å²) in [6.07, 6.45) is 15.8. The van der Waals surface area contributed by atoms with Crippen LogP contribution in [0, 0.1) is 23.2 Å². The molecule has 0 heterocycles. The van der Waals surface area contributed by atoms with Crippen molar-refractivity contribution in [3.05, 3.63) is 83.5 Å². The molecular weight excluding hydrogens is 428 g/mol. The molecular formula is C28H27Zr. The van der Waals surface area contributed by atoms with Gasteiger partial charge in [0.2, 0.25) is 0 Å². The Balaban J connectivity index is 1.38. The zero-order chi connectivity index (χ0) is 19.2. The monoisotopic (exact) mass is 453 g/mol. The number of fused-ring (bicyclic) bond motifs is 3. The van der Waals surface area contributed by atoms with E-state index >= 15 is 0 Å². The van der Waals surface area contributed by atoms with Crippen LogP contribution in [0.15, 0.2) is 72.3 Å². The second-order valence-electron chi connectivity index (χ2n) is 10.6. The van der Waals surface area contributed by atoms with Crippen molar-refractivity contribution in [2.24, 2.45) is 23.2 Å². The molecule has 0 amide bonds. The van der Waals surface area contributed by atoms with Crippen LogP contribution in [0.3, 0.4) is 0 Å². The first kappa shape index (κ1) is 17.5. The van der Waals surface area contributed by atoms with Crippen LogP contribution in [0.2, 0.25) is 3.12 Å². The summed E-state index contributed by atoms with van der Waals surface area (Å²) in [5, 5.41) is 0. The predicted octanol–water partition coefficient (Wildman–Crippen LogP) is 7.22. The molecule has 5 atom stereocenters. The quantitative estimate of drug-likeness (QED) is 0.449. The van der Waals surface area contributed by atoms with E-state index in [4.69, 9.17) is 0 Å². The molecule has 1 heteroatoms. The van der Waals surface area contributed by atoms with Gasteiger partial charge in [0.05, 0.1) is 0 Å². The van der Waals surface area contributed by atoms with Gasteiger partial charge in [0.15, 0.2) is 0 Å². The molecule has 0 aromatic heterocycles. The fourth-order valence-electron chi connectivity index (χ4n) is 8.74. The Morgan fingerprint density at radius 2 is 1.59 bits per heavy atom. The van der Waals surface area contributed by atoms with Crippen LogP contribution < -0.4 is 0 Å². The van der Waals surface area contributed by atoms with Gasteiger partial charge < -0.3 is 0 Å². The van der Waals surface area contributed by atoms with Crippen LogP contribution in [-0.2, 0) is 24.7 Å². The third kappa shape index (κ3) is 2.29. The molecule has 0 spiro atoms. The summed E-state index contributed by atoms with van der Waals surface area (Å²) in [7, 11) is 0. The molecule has 2 aromatic carbocycles. The van der Waals surface area contributed by atoms with E-state index < -0.39 is 0 Å². The number of hydrogen-bond acceptors (Lipinski definition) is 0. The summed E-state index contributed by atoms with van der Waals surface area (Å²) in [5.74, 6) is 3.37. The van der Waals surface area contributed by atoms with Crippen molar-refractivity contribution < 1.29 is 24.7 Å². The molecule has 8 rings (SSSR count). The molecule has 6 aliphatic rings. The molecule has 0 saturated heterocycles. The van der Waals surface area contributed by atoms with Gasteiger partial charge in [-0.2, -0.15) is 0 Å². The van der Waals surface area contributed by atoms with Crippen molar-refractivity contribution in [1.29, 1.82) is 0 Å². The normalized spacial score (nSPS) is 38.9. The molecule has 4 fully saturated rings. The molecule has 0 radical (unpaired) electrons. The fraction of sp³-hybridized carbons (Fsp3) is 0.429. The van der Waals surface area contributed by atoms with Crippen LogP contribution in [0.1, 0.15) is 55.6 Å². The first-order valence-electron chi connectivity index (χ1n) is 11.5. The maximum absolute atomic E-state index is 2.48. The first-order valence-corrected chi connectivity index (χ1v) is 12.7. The fourth-order valence-corrected chi connectivity index (χ4v) is 11.3. The Bertz CT molecular complexity index is 1030. The van der Waals surface area contributed by atoms with E-state index in [1.165, 1.54) is 49.7 Å². The molecule has 0 N–H and O–H groups in total. The number of benzene rings is 2. The summed E-state index contributed by atoms with van der Waals surface area (Å²) < 4.78 is 0.584. The van der Waals surface area contributed by atoms with E-state index in [2.05, 4.69) is 66.8 Å². The van der Waals surface area contributed by atoms with Gasteiger partial charge in [0.25, 0.3) is 0 Å². The van der Waals surface area contributed by atoms with E-state index in [-0.39, 0.29) is 0 Å². The third-order valence-electron chi connectivity index (χ3n) is 9.03. The topological polar surface area (TPSA) is 0 Å². The zero-order valence-corrected chi connectivity index (χ0v) is 19.4. The van der Waals surface area contributed by atoms with Gasteiger partial charge in [-0.25, -0.2) is 0 Å². The van der Waals surface area contributed by atoms with E-state index in [1.54, 1.807) is 16.7 Å². The van der Waals surface area contributed by atoms with E-state index in [1.807, 2.05) is 24.7 Å². The molecule has 0 aliphatic heterocycles. The van der Waals surface area contributed by atoms with Crippen LogP contribution in [0.5, 0.6) is 0 Å². The summed E-state index contributed by atoms with van der Waals surface area (Å²) >= 11 is 1.82. The van der Waals surface area contributed by atoms with Crippen LogP contribution in [-0.4, -0.2) is 0 Å². The first-order chi connectivity index (χ1) is 14.2. The van der Waals surface area contributed by atoms with Crippen LogP contribution >= 0.6 is 0 Å². The summed E-state index contributed by atoms with van der Waals surface area (Å²) in [4.78, 5) is 0. The molecule has 2 aromatic rings. The number of rotatable bonds is 2. The second-order valence-corrected chi connectivity index (χ2v) is 13.1. The zero-order valence-electron chi connectivity index (χ0n) is 16.9. The van der Waals surface area contributed by atoms with Crippen molar-refractivity contribution in [2.75, 3.05) is 0 Å². The molecule has 5 unspecified atom stereocenters. The maximum atomic E-state index is 2.48. The van der Waals surface area contributed by atoms with E-state index in [0.29, 0.717) is 14.5 Å². The summed E-state index contributed by atoms with van der Waals surface area (Å²) in [6, 6.07) is 18.7. The Labute approximate surface area is 189 Å². The number of allylic oxidation sites excluding steroid dienone is 4. The van der Waals surface area contributed by atoms with Gasteiger partial charge in [-0.15, -0.1) is 0 Å².